The standard InChI is InChI=1S/C17H16N2O3S/c1-11-5-3-4-6-15(11)21-10-13-8-7-12(22-13)9-14-16(20)19(2)17(23)18-14/h3-9H,10H2,1-2H3,(H,18,23)/b14-9+. The second kappa shape index (κ2) is 6.26. The van der Waals surface area contributed by atoms with E-state index in [9.17, 15) is 4.79 Å². The van der Waals surface area contributed by atoms with E-state index >= 15 is 0 Å². The molecule has 0 atom stereocenters. The molecule has 3 rings (SSSR count). The first-order valence-corrected chi connectivity index (χ1v) is 7.53. The van der Waals surface area contributed by atoms with Gasteiger partial charge in [-0.2, -0.15) is 0 Å². The van der Waals surface area contributed by atoms with Gasteiger partial charge in [-0.3, -0.25) is 9.69 Å². The fraction of sp³-hybridized carbons (Fsp3) is 0.176. The number of para-hydroxylation sites is 1. The monoisotopic (exact) mass is 328 g/mol. The van der Waals surface area contributed by atoms with Crippen molar-refractivity contribution in [2.24, 2.45) is 0 Å². The molecule has 2 heterocycles. The minimum Gasteiger partial charge on any atom is -0.485 e. The van der Waals surface area contributed by atoms with Crippen molar-refractivity contribution in [1.82, 2.24) is 10.2 Å². The molecule has 5 nitrogen and oxygen atoms in total. The lowest BCUT2D eigenvalue weighted by molar-refractivity contribution is -0.121. The van der Waals surface area contributed by atoms with Crippen molar-refractivity contribution in [2.75, 3.05) is 7.05 Å². The fourth-order valence-corrected chi connectivity index (χ4v) is 2.38. The molecule has 118 valence electrons. The summed E-state index contributed by atoms with van der Waals surface area (Å²) >= 11 is 5.03. The molecule has 0 saturated carbocycles. The van der Waals surface area contributed by atoms with E-state index < -0.39 is 0 Å². The molecule has 1 amide bonds. The Bertz CT molecular complexity index is 795. The van der Waals surface area contributed by atoms with Crippen LogP contribution in [0.5, 0.6) is 5.75 Å². The molecule has 1 aromatic carbocycles. The van der Waals surface area contributed by atoms with Gasteiger partial charge in [-0.25, -0.2) is 0 Å². The third kappa shape index (κ3) is 3.27. The van der Waals surface area contributed by atoms with Crippen molar-refractivity contribution in [3.05, 3.63) is 59.2 Å². The van der Waals surface area contributed by atoms with Gasteiger partial charge in [-0.05, 0) is 42.9 Å². The van der Waals surface area contributed by atoms with E-state index in [4.69, 9.17) is 21.4 Å². The van der Waals surface area contributed by atoms with E-state index in [2.05, 4.69) is 5.32 Å². The van der Waals surface area contributed by atoms with Gasteiger partial charge in [-0.15, -0.1) is 0 Å². The van der Waals surface area contributed by atoms with Crippen LogP contribution in [0.3, 0.4) is 0 Å². The van der Waals surface area contributed by atoms with Crippen LogP contribution in [0.4, 0.5) is 0 Å². The molecular weight excluding hydrogens is 312 g/mol. The Hall–Kier alpha value is -2.60. The lowest BCUT2D eigenvalue weighted by Crippen LogP contribution is -2.25. The van der Waals surface area contributed by atoms with Gasteiger partial charge in [-0.1, -0.05) is 18.2 Å². The highest BCUT2D eigenvalue weighted by Crippen LogP contribution is 2.20. The Kier molecular flexibility index (Phi) is 4.16. The van der Waals surface area contributed by atoms with Crippen LogP contribution >= 0.6 is 12.2 Å². The second-order valence-corrected chi connectivity index (χ2v) is 5.60. The lowest BCUT2D eigenvalue weighted by atomic mass is 10.2. The van der Waals surface area contributed by atoms with Crippen molar-refractivity contribution in [3.8, 4) is 5.75 Å². The number of carbonyl (C=O) groups excluding carboxylic acids is 1. The van der Waals surface area contributed by atoms with E-state index in [0.717, 1.165) is 11.3 Å². The molecule has 0 spiro atoms. The average Bonchev–Trinajstić information content (AvgIpc) is 3.08. The Balaban J connectivity index is 1.68. The van der Waals surface area contributed by atoms with Crippen LogP contribution in [-0.2, 0) is 11.4 Å². The Morgan fingerprint density at radius 3 is 2.78 bits per heavy atom. The molecule has 1 saturated heterocycles. The Morgan fingerprint density at radius 2 is 2.09 bits per heavy atom. The first-order chi connectivity index (χ1) is 11.0. The predicted molar refractivity (Wildman–Crippen MR) is 90.7 cm³/mol. The highest BCUT2D eigenvalue weighted by molar-refractivity contribution is 7.80. The van der Waals surface area contributed by atoms with E-state index in [1.807, 2.05) is 37.3 Å². The Labute approximate surface area is 139 Å². The maximum atomic E-state index is 11.9. The lowest BCUT2D eigenvalue weighted by Gasteiger charge is -2.06. The molecule has 0 unspecified atom stereocenters. The first-order valence-electron chi connectivity index (χ1n) is 7.12. The second-order valence-electron chi connectivity index (χ2n) is 5.21. The van der Waals surface area contributed by atoms with E-state index in [0.29, 0.717) is 28.9 Å². The summed E-state index contributed by atoms with van der Waals surface area (Å²) in [6.45, 7) is 2.32. The van der Waals surface area contributed by atoms with Gasteiger partial charge in [0.15, 0.2) is 5.11 Å². The summed E-state index contributed by atoms with van der Waals surface area (Å²) in [6.07, 6.45) is 1.63. The number of aryl methyl sites for hydroxylation is 1. The van der Waals surface area contributed by atoms with Gasteiger partial charge in [0, 0.05) is 13.1 Å². The van der Waals surface area contributed by atoms with Gasteiger partial charge >= 0.3 is 0 Å². The number of likely N-dealkylation sites (N-methyl/N-ethyl adjacent to an activating group) is 1. The van der Waals surface area contributed by atoms with Gasteiger partial charge in [0.05, 0.1) is 0 Å². The van der Waals surface area contributed by atoms with E-state index in [1.165, 1.54) is 4.90 Å². The van der Waals surface area contributed by atoms with Crippen molar-refractivity contribution >= 4 is 29.3 Å². The zero-order valence-corrected chi connectivity index (χ0v) is 13.6. The number of benzene rings is 1. The number of thiocarbonyl (C=S) groups is 1. The van der Waals surface area contributed by atoms with E-state index in [1.54, 1.807) is 19.2 Å². The summed E-state index contributed by atoms with van der Waals surface area (Å²) in [6, 6.07) is 11.4. The topological polar surface area (TPSA) is 54.7 Å². The van der Waals surface area contributed by atoms with E-state index in [-0.39, 0.29) is 5.91 Å². The molecule has 1 fully saturated rings. The number of ether oxygens (including phenoxy) is 1. The molecule has 1 aliphatic heterocycles. The number of carbonyl (C=O) groups is 1. The summed E-state index contributed by atoms with van der Waals surface area (Å²) in [4.78, 5) is 13.3. The number of furan rings is 1. The van der Waals surface area contributed by atoms with Crippen LogP contribution < -0.4 is 10.1 Å². The first kappa shape index (κ1) is 15.3. The SMILES string of the molecule is Cc1ccccc1OCc1ccc(/C=C2/NC(=S)N(C)C2=O)o1. The maximum absolute atomic E-state index is 11.9. The van der Waals surface area contributed by atoms with Crippen LogP contribution in [0.25, 0.3) is 6.08 Å². The largest absolute Gasteiger partial charge is 0.485 e. The molecule has 1 aliphatic rings. The van der Waals surface area contributed by atoms with Gasteiger partial charge in [0.25, 0.3) is 5.91 Å². The molecule has 0 aliphatic carbocycles. The Morgan fingerprint density at radius 1 is 1.30 bits per heavy atom. The maximum Gasteiger partial charge on any atom is 0.276 e. The predicted octanol–water partition coefficient (Wildman–Crippen LogP) is 2.85. The third-order valence-corrected chi connectivity index (χ3v) is 3.89. The van der Waals surface area contributed by atoms with Crippen molar-refractivity contribution in [2.45, 2.75) is 13.5 Å². The molecular formula is C17H16N2O3S. The number of nitrogens with zero attached hydrogens (tertiary/aromatic N) is 1. The summed E-state index contributed by atoms with van der Waals surface area (Å²) in [7, 11) is 1.63. The highest BCUT2D eigenvalue weighted by Gasteiger charge is 2.27. The van der Waals surface area contributed by atoms with Crippen molar-refractivity contribution in [1.29, 1.82) is 0 Å². The van der Waals surface area contributed by atoms with Gasteiger partial charge < -0.3 is 14.5 Å². The molecule has 23 heavy (non-hydrogen) atoms. The number of nitrogens with one attached hydrogen (secondary N) is 1. The normalized spacial score (nSPS) is 16.1. The third-order valence-electron chi connectivity index (χ3n) is 3.51. The number of rotatable bonds is 4. The average molecular weight is 328 g/mol. The number of hydrogen-bond donors (Lipinski definition) is 1. The number of amides is 1. The quantitative estimate of drug-likeness (QED) is 0.691. The minimum absolute atomic E-state index is 0.177. The van der Waals surface area contributed by atoms with Crippen LogP contribution in [-0.4, -0.2) is 23.0 Å². The van der Waals surface area contributed by atoms with Gasteiger partial charge in [0.2, 0.25) is 0 Å². The molecule has 2 aromatic rings. The zero-order chi connectivity index (χ0) is 16.4. The van der Waals surface area contributed by atoms with Crippen molar-refractivity contribution < 1.29 is 13.9 Å². The smallest absolute Gasteiger partial charge is 0.276 e. The molecule has 6 heteroatoms. The summed E-state index contributed by atoms with van der Waals surface area (Å²) in [5.41, 5.74) is 1.47. The van der Waals surface area contributed by atoms with Crippen LogP contribution in [0.1, 0.15) is 17.1 Å². The summed E-state index contributed by atoms with van der Waals surface area (Å²) in [5, 5.41) is 3.24. The summed E-state index contributed by atoms with van der Waals surface area (Å²) < 4.78 is 11.4. The molecule has 1 aromatic heterocycles. The van der Waals surface area contributed by atoms with Crippen LogP contribution in [0.2, 0.25) is 0 Å². The summed E-state index contributed by atoms with van der Waals surface area (Å²) in [5.74, 6) is 1.90. The highest BCUT2D eigenvalue weighted by atomic mass is 32.1. The number of hydrogen-bond acceptors (Lipinski definition) is 4. The zero-order valence-electron chi connectivity index (χ0n) is 12.8. The van der Waals surface area contributed by atoms with Crippen LogP contribution in [0.15, 0.2) is 46.5 Å². The minimum atomic E-state index is -0.177. The molecule has 1 N–H and O–H groups in total. The van der Waals surface area contributed by atoms with Crippen molar-refractivity contribution in [3.63, 3.8) is 0 Å². The molecule has 0 bridgehead atoms. The van der Waals surface area contributed by atoms with Crippen LogP contribution in [0, 0.1) is 6.92 Å². The fourth-order valence-electron chi connectivity index (χ4n) is 2.18. The van der Waals surface area contributed by atoms with Gasteiger partial charge in [0.1, 0.15) is 29.6 Å². The molecule has 0 radical (unpaired) electrons.